The molecule has 0 atom stereocenters. The van der Waals surface area contributed by atoms with E-state index in [2.05, 4.69) is 10.2 Å². The largest absolute Gasteiger partial charge is 0.444 e. The van der Waals surface area contributed by atoms with Crippen LogP contribution in [0.4, 0.5) is 4.79 Å². The highest BCUT2D eigenvalue weighted by Gasteiger charge is 2.27. The van der Waals surface area contributed by atoms with E-state index in [0.717, 1.165) is 0 Å². The number of ether oxygens (including phenoxy) is 1. The summed E-state index contributed by atoms with van der Waals surface area (Å²) in [5, 5.41) is 7.64. The molecule has 1 aromatic rings. The van der Waals surface area contributed by atoms with Crippen LogP contribution < -0.4 is 0 Å². The molecule has 7 heteroatoms. The van der Waals surface area contributed by atoms with Crippen LogP contribution in [0, 0.1) is 0 Å². The quantitative estimate of drug-likeness (QED) is 0.692. The summed E-state index contributed by atoms with van der Waals surface area (Å²) in [6, 6.07) is 0. The summed E-state index contributed by atoms with van der Waals surface area (Å²) in [5.74, 6) is 0.906. The third kappa shape index (κ3) is 2.49. The highest BCUT2D eigenvalue weighted by atomic mass is 16.6. The minimum Gasteiger partial charge on any atom is -0.444 e. The zero-order valence-corrected chi connectivity index (χ0v) is 10.7. The van der Waals surface area contributed by atoms with Gasteiger partial charge in [0.05, 0.1) is 6.54 Å². The molecule has 0 N–H and O–H groups in total. The number of amides is 1. The molecule has 0 saturated heterocycles. The molecular formula is C11H16N4O3. The van der Waals surface area contributed by atoms with E-state index in [1.807, 2.05) is 20.8 Å². The van der Waals surface area contributed by atoms with Crippen molar-refractivity contribution in [3.8, 4) is 0 Å². The lowest BCUT2D eigenvalue weighted by atomic mass is 10.2. The van der Waals surface area contributed by atoms with Gasteiger partial charge >= 0.3 is 6.09 Å². The van der Waals surface area contributed by atoms with Crippen LogP contribution in [0.2, 0.25) is 0 Å². The van der Waals surface area contributed by atoms with Crippen molar-refractivity contribution >= 4 is 12.4 Å². The third-order valence-electron chi connectivity index (χ3n) is 2.54. The van der Waals surface area contributed by atoms with E-state index in [9.17, 15) is 9.59 Å². The maximum Gasteiger partial charge on any atom is 0.410 e. The molecule has 0 fully saturated rings. The fourth-order valence-electron chi connectivity index (χ4n) is 1.75. The zero-order chi connectivity index (χ0) is 13.3. The van der Waals surface area contributed by atoms with E-state index in [1.54, 1.807) is 9.47 Å². The highest BCUT2D eigenvalue weighted by molar-refractivity contribution is 5.70. The van der Waals surface area contributed by atoms with Gasteiger partial charge in [0.25, 0.3) is 0 Å². The first-order chi connectivity index (χ1) is 8.40. The molecule has 1 aromatic heterocycles. The Morgan fingerprint density at radius 3 is 2.67 bits per heavy atom. The van der Waals surface area contributed by atoms with Gasteiger partial charge in [-0.3, -0.25) is 9.69 Å². The SMILES string of the molecule is CC(C)(C)OC(=O)N1CCn2c(C=O)nnc2C1. The summed E-state index contributed by atoms with van der Waals surface area (Å²) in [6.07, 6.45) is 0.295. The Hall–Kier alpha value is -1.92. The zero-order valence-electron chi connectivity index (χ0n) is 10.7. The lowest BCUT2D eigenvalue weighted by Crippen LogP contribution is -2.41. The number of carbonyl (C=O) groups excluding carboxylic acids is 2. The van der Waals surface area contributed by atoms with E-state index < -0.39 is 5.60 Å². The Bertz CT molecular complexity index is 475. The van der Waals surface area contributed by atoms with Crippen LogP contribution in [-0.4, -0.2) is 44.2 Å². The van der Waals surface area contributed by atoms with Gasteiger partial charge in [0.1, 0.15) is 5.60 Å². The number of nitrogens with zero attached hydrogens (tertiary/aromatic N) is 4. The van der Waals surface area contributed by atoms with E-state index in [1.165, 1.54) is 0 Å². The monoisotopic (exact) mass is 252 g/mol. The summed E-state index contributed by atoms with van der Waals surface area (Å²) < 4.78 is 7.00. The molecule has 0 spiro atoms. The van der Waals surface area contributed by atoms with Crippen molar-refractivity contribution in [2.45, 2.75) is 39.5 Å². The second-order valence-electron chi connectivity index (χ2n) is 5.15. The molecule has 18 heavy (non-hydrogen) atoms. The molecule has 1 amide bonds. The minimum atomic E-state index is -0.518. The Kier molecular flexibility index (Phi) is 3.06. The smallest absolute Gasteiger partial charge is 0.410 e. The summed E-state index contributed by atoms with van der Waals surface area (Å²) in [5.41, 5.74) is -0.518. The number of aromatic nitrogens is 3. The van der Waals surface area contributed by atoms with E-state index in [4.69, 9.17) is 4.74 Å². The third-order valence-corrected chi connectivity index (χ3v) is 2.54. The van der Waals surface area contributed by atoms with E-state index in [0.29, 0.717) is 37.6 Å². The Morgan fingerprint density at radius 1 is 1.33 bits per heavy atom. The fraction of sp³-hybridized carbons (Fsp3) is 0.636. The molecule has 1 aliphatic rings. The fourth-order valence-corrected chi connectivity index (χ4v) is 1.75. The molecule has 0 aromatic carbocycles. The number of hydrogen-bond acceptors (Lipinski definition) is 5. The van der Waals surface area contributed by atoms with Gasteiger partial charge in [-0.25, -0.2) is 4.79 Å². The molecule has 2 heterocycles. The van der Waals surface area contributed by atoms with Gasteiger partial charge in [-0.05, 0) is 20.8 Å². The number of hydrogen-bond donors (Lipinski definition) is 0. The van der Waals surface area contributed by atoms with Gasteiger partial charge in [0.2, 0.25) is 0 Å². The number of rotatable bonds is 1. The van der Waals surface area contributed by atoms with Crippen molar-refractivity contribution in [3.05, 3.63) is 11.6 Å². The van der Waals surface area contributed by atoms with Gasteiger partial charge < -0.3 is 9.30 Å². The lowest BCUT2D eigenvalue weighted by Gasteiger charge is -2.30. The summed E-state index contributed by atoms with van der Waals surface area (Å²) in [6.45, 7) is 6.78. The van der Waals surface area contributed by atoms with Crippen molar-refractivity contribution in [3.63, 3.8) is 0 Å². The van der Waals surface area contributed by atoms with Crippen LogP contribution in [-0.2, 0) is 17.8 Å². The molecule has 0 aliphatic carbocycles. The van der Waals surface area contributed by atoms with Crippen LogP contribution >= 0.6 is 0 Å². The molecular weight excluding hydrogens is 236 g/mol. The summed E-state index contributed by atoms with van der Waals surface area (Å²) >= 11 is 0. The molecule has 0 unspecified atom stereocenters. The topological polar surface area (TPSA) is 77.3 Å². The average Bonchev–Trinajstić information content (AvgIpc) is 2.68. The standard InChI is InChI=1S/C11H16N4O3/c1-11(2,3)18-10(17)14-4-5-15-8(6-14)12-13-9(15)7-16/h7H,4-6H2,1-3H3. The van der Waals surface area contributed by atoms with Crippen LogP contribution in [0.5, 0.6) is 0 Å². The molecule has 7 nitrogen and oxygen atoms in total. The van der Waals surface area contributed by atoms with Crippen LogP contribution in [0.3, 0.4) is 0 Å². The van der Waals surface area contributed by atoms with Crippen molar-refractivity contribution in [2.24, 2.45) is 0 Å². The first-order valence-corrected chi connectivity index (χ1v) is 5.76. The Labute approximate surface area is 105 Å². The van der Waals surface area contributed by atoms with Gasteiger partial charge in [-0.1, -0.05) is 0 Å². The number of carbonyl (C=O) groups is 2. The highest BCUT2D eigenvalue weighted by Crippen LogP contribution is 2.15. The average molecular weight is 252 g/mol. The maximum absolute atomic E-state index is 11.9. The maximum atomic E-state index is 11.9. The number of fused-ring (bicyclic) bond motifs is 1. The van der Waals surface area contributed by atoms with E-state index >= 15 is 0 Å². The minimum absolute atomic E-state index is 0.300. The summed E-state index contributed by atoms with van der Waals surface area (Å²) in [7, 11) is 0. The molecule has 98 valence electrons. The molecule has 0 saturated carbocycles. The van der Waals surface area contributed by atoms with Crippen molar-refractivity contribution < 1.29 is 14.3 Å². The van der Waals surface area contributed by atoms with Gasteiger partial charge in [0, 0.05) is 13.1 Å². The first kappa shape index (κ1) is 12.5. The number of aldehydes is 1. The predicted molar refractivity (Wildman–Crippen MR) is 62.1 cm³/mol. The van der Waals surface area contributed by atoms with Crippen LogP contribution in [0.25, 0.3) is 0 Å². The lowest BCUT2D eigenvalue weighted by molar-refractivity contribution is 0.0195. The van der Waals surface area contributed by atoms with Crippen molar-refractivity contribution in [1.82, 2.24) is 19.7 Å². The van der Waals surface area contributed by atoms with E-state index in [-0.39, 0.29) is 6.09 Å². The molecule has 1 aliphatic heterocycles. The van der Waals surface area contributed by atoms with Gasteiger partial charge in [-0.2, -0.15) is 0 Å². The predicted octanol–water partition coefficient (Wildman–Crippen LogP) is 0.841. The van der Waals surface area contributed by atoms with Crippen LogP contribution in [0.15, 0.2) is 0 Å². The molecule has 2 rings (SSSR count). The Morgan fingerprint density at radius 2 is 2.06 bits per heavy atom. The van der Waals surface area contributed by atoms with Gasteiger partial charge in [-0.15, -0.1) is 10.2 Å². The summed E-state index contributed by atoms with van der Waals surface area (Å²) in [4.78, 5) is 24.1. The van der Waals surface area contributed by atoms with Crippen LogP contribution in [0.1, 0.15) is 37.2 Å². The molecule has 0 bridgehead atoms. The molecule has 0 radical (unpaired) electrons. The normalized spacial score (nSPS) is 15.2. The van der Waals surface area contributed by atoms with Crippen molar-refractivity contribution in [1.29, 1.82) is 0 Å². The first-order valence-electron chi connectivity index (χ1n) is 5.76. The van der Waals surface area contributed by atoms with Crippen molar-refractivity contribution in [2.75, 3.05) is 6.54 Å². The van der Waals surface area contributed by atoms with Gasteiger partial charge in [0.15, 0.2) is 17.9 Å². The second-order valence-corrected chi connectivity index (χ2v) is 5.15. The Balaban J connectivity index is 2.08. The second kappa shape index (κ2) is 4.40.